The number of hydrogen-bond acceptors (Lipinski definition) is 3. The Morgan fingerprint density at radius 1 is 1.00 bits per heavy atom. The van der Waals surface area contributed by atoms with Gasteiger partial charge in [-0.3, -0.25) is 0 Å². The molecule has 20 heavy (non-hydrogen) atoms. The van der Waals surface area contributed by atoms with Gasteiger partial charge >= 0.3 is 5.97 Å². The number of rotatable bonds is 4. The lowest BCUT2D eigenvalue weighted by atomic mass is 10.1. The van der Waals surface area contributed by atoms with Gasteiger partial charge in [-0.15, -0.1) is 0 Å². The number of benzene rings is 2. The van der Waals surface area contributed by atoms with Crippen LogP contribution in [0.5, 0.6) is 0 Å². The van der Waals surface area contributed by atoms with E-state index >= 15 is 0 Å². The summed E-state index contributed by atoms with van der Waals surface area (Å²) in [6, 6.07) is 20.1. The third kappa shape index (κ3) is 3.56. The third-order valence-electron chi connectivity index (χ3n) is 2.72. The lowest BCUT2D eigenvalue weighted by Crippen LogP contribution is -2.05. The summed E-state index contributed by atoms with van der Waals surface area (Å²) in [5, 5.41) is 9.10. The molecule has 0 aliphatic carbocycles. The maximum absolute atomic E-state index is 11.7. The van der Waals surface area contributed by atoms with Crippen molar-refractivity contribution in [2.24, 2.45) is 0 Å². The van der Waals surface area contributed by atoms with Crippen LogP contribution in [0.15, 0.2) is 66.7 Å². The number of allylic oxidation sites excluding steroid dienone is 1. The molecule has 0 saturated heterocycles. The van der Waals surface area contributed by atoms with Gasteiger partial charge in [0.15, 0.2) is 0 Å². The van der Waals surface area contributed by atoms with Gasteiger partial charge in [0.2, 0.25) is 0 Å². The van der Waals surface area contributed by atoms with E-state index in [1.54, 1.807) is 30.3 Å². The average molecular weight is 263 g/mol. The molecule has 0 atom stereocenters. The van der Waals surface area contributed by atoms with Gasteiger partial charge in [-0.05, 0) is 23.8 Å². The molecule has 0 aliphatic heterocycles. The van der Waals surface area contributed by atoms with Crippen molar-refractivity contribution in [3.05, 3.63) is 77.9 Å². The van der Waals surface area contributed by atoms with Gasteiger partial charge in [0.25, 0.3) is 0 Å². The van der Waals surface area contributed by atoms with Crippen LogP contribution < -0.4 is 0 Å². The van der Waals surface area contributed by atoms with Crippen molar-refractivity contribution in [1.82, 2.24) is 0 Å². The molecule has 0 heterocycles. The second-order valence-electron chi connectivity index (χ2n) is 4.06. The zero-order valence-corrected chi connectivity index (χ0v) is 10.8. The Bertz CT molecular complexity index is 640. The Hall–Kier alpha value is -2.86. The first-order chi connectivity index (χ1) is 9.81. The van der Waals surface area contributed by atoms with E-state index in [9.17, 15) is 4.79 Å². The Morgan fingerprint density at radius 2 is 1.55 bits per heavy atom. The van der Waals surface area contributed by atoms with E-state index in [2.05, 4.69) is 6.07 Å². The molecule has 0 amide bonds. The highest BCUT2D eigenvalue weighted by molar-refractivity contribution is 5.89. The van der Waals surface area contributed by atoms with Crippen LogP contribution in [-0.2, 0) is 4.74 Å². The topological polar surface area (TPSA) is 50.1 Å². The van der Waals surface area contributed by atoms with Crippen molar-refractivity contribution >= 4 is 11.5 Å². The predicted molar refractivity (Wildman–Crippen MR) is 76.8 cm³/mol. The molecule has 2 aromatic rings. The number of carbonyl (C=O) groups is 1. The molecule has 0 aromatic heterocycles. The Labute approximate surface area is 117 Å². The van der Waals surface area contributed by atoms with Crippen LogP contribution in [0.1, 0.15) is 15.9 Å². The zero-order chi connectivity index (χ0) is 14.2. The number of ether oxygens (including phenoxy) is 1. The monoisotopic (exact) mass is 263 g/mol. The van der Waals surface area contributed by atoms with Crippen molar-refractivity contribution in [2.75, 3.05) is 6.61 Å². The molecule has 0 radical (unpaired) electrons. The molecule has 0 fully saturated rings. The number of carbonyl (C=O) groups excluding carboxylic acids is 1. The highest BCUT2D eigenvalue weighted by atomic mass is 16.5. The van der Waals surface area contributed by atoms with E-state index in [0.29, 0.717) is 11.1 Å². The summed E-state index contributed by atoms with van der Waals surface area (Å²) >= 11 is 0. The van der Waals surface area contributed by atoms with Gasteiger partial charge in [0.05, 0.1) is 17.2 Å². The van der Waals surface area contributed by atoms with Crippen LogP contribution in [0.2, 0.25) is 0 Å². The quantitative estimate of drug-likeness (QED) is 0.627. The van der Waals surface area contributed by atoms with Crippen LogP contribution in [0, 0.1) is 11.3 Å². The van der Waals surface area contributed by atoms with Crippen LogP contribution in [0.3, 0.4) is 0 Å². The second kappa shape index (κ2) is 6.91. The highest BCUT2D eigenvalue weighted by Gasteiger charge is 2.05. The molecule has 2 rings (SSSR count). The van der Waals surface area contributed by atoms with Crippen LogP contribution in [0.4, 0.5) is 0 Å². The molecule has 0 aliphatic rings. The normalized spacial score (nSPS) is 10.7. The minimum absolute atomic E-state index is 0.0749. The fourth-order valence-corrected chi connectivity index (χ4v) is 1.70. The smallest absolute Gasteiger partial charge is 0.338 e. The number of hydrogen-bond donors (Lipinski definition) is 0. The van der Waals surface area contributed by atoms with E-state index < -0.39 is 5.97 Å². The summed E-state index contributed by atoms with van der Waals surface area (Å²) in [5.41, 5.74) is 1.80. The molecule has 3 heteroatoms. The Morgan fingerprint density at radius 3 is 2.10 bits per heavy atom. The Balaban J connectivity index is 1.99. The van der Waals surface area contributed by atoms with Gasteiger partial charge in [-0.2, -0.15) is 5.26 Å². The first-order valence-electron chi connectivity index (χ1n) is 6.19. The van der Waals surface area contributed by atoms with Crippen molar-refractivity contribution in [3.8, 4) is 6.07 Å². The fourth-order valence-electron chi connectivity index (χ4n) is 1.70. The van der Waals surface area contributed by atoms with Crippen LogP contribution in [0.25, 0.3) is 5.57 Å². The summed E-state index contributed by atoms with van der Waals surface area (Å²) in [5.74, 6) is -0.396. The molecular formula is C17H13NO2. The first kappa shape index (κ1) is 13.6. The summed E-state index contributed by atoms with van der Waals surface area (Å²) in [6.45, 7) is 0.0749. The van der Waals surface area contributed by atoms with Crippen molar-refractivity contribution in [2.45, 2.75) is 0 Å². The van der Waals surface area contributed by atoms with Gasteiger partial charge < -0.3 is 4.74 Å². The minimum Gasteiger partial charge on any atom is -0.458 e. The van der Waals surface area contributed by atoms with Gasteiger partial charge in [-0.25, -0.2) is 4.79 Å². The zero-order valence-electron chi connectivity index (χ0n) is 10.8. The molecule has 2 aromatic carbocycles. The van der Waals surface area contributed by atoms with E-state index in [0.717, 1.165) is 5.56 Å². The number of esters is 1. The van der Waals surface area contributed by atoms with Crippen LogP contribution >= 0.6 is 0 Å². The Kier molecular flexibility index (Phi) is 4.69. The van der Waals surface area contributed by atoms with Crippen molar-refractivity contribution in [1.29, 1.82) is 5.26 Å². The van der Waals surface area contributed by atoms with E-state index in [4.69, 9.17) is 10.00 Å². The standard InChI is InChI=1S/C17H13NO2/c18-13-16(14-7-3-1-4-8-14)11-12-20-17(19)15-9-5-2-6-10-15/h1-11H,12H2. The minimum atomic E-state index is -0.396. The van der Waals surface area contributed by atoms with Gasteiger partial charge in [-0.1, -0.05) is 48.5 Å². The molecule has 0 spiro atoms. The third-order valence-corrected chi connectivity index (χ3v) is 2.72. The lowest BCUT2D eigenvalue weighted by Gasteiger charge is -2.02. The second-order valence-corrected chi connectivity index (χ2v) is 4.06. The molecule has 98 valence electrons. The number of nitriles is 1. The molecule has 0 bridgehead atoms. The largest absolute Gasteiger partial charge is 0.458 e. The van der Waals surface area contributed by atoms with Crippen molar-refractivity contribution < 1.29 is 9.53 Å². The SMILES string of the molecule is N#CC(=CCOC(=O)c1ccccc1)c1ccccc1. The highest BCUT2D eigenvalue weighted by Crippen LogP contribution is 2.12. The maximum atomic E-state index is 11.7. The van der Waals surface area contributed by atoms with Crippen molar-refractivity contribution in [3.63, 3.8) is 0 Å². The van der Waals surface area contributed by atoms with E-state index in [-0.39, 0.29) is 6.61 Å². The lowest BCUT2D eigenvalue weighted by molar-refractivity contribution is 0.0550. The maximum Gasteiger partial charge on any atom is 0.338 e. The molecule has 3 nitrogen and oxygen atoms in total. The fraction of sp³-hybridized carbons (Fsp3) is 0.0588. The summed E-state index contributed by atoms with van der Waals surface area (Å²) < 4.78 is 5.12. The molecular weight excluding hydrogens is 250 g/mol. The number of nitrogens with zero attached hydrogens (tertiary/aromatic N) is 1. The summed E-state index contributed by atoms with van der Waals surface area (Å²) in [7, 11) is 0. The summed E-state index contributed by atoms with van der Waals surface area (Å²) in [6.07, 6.45) is 1.61. The average Bonchev–Trinajstić information content (AvgIpc) is 2.53. The molecule has 0 saturated carbocycles. The predicted octanol–water partition coefficient (Wildman–Crippen LogP) is 3.45. The first-order valence-corrected chi connectivity index (χ1v) is 6.19. The van der Waals surface area contributed by atoms with E-state index in [1.807, 2.05) is 36.4 Å². The summed E-state index contributed by atoms with van der Waals surface area (Å²) in [4.78, 5) is 11.7. The van der Waals surface area contributed by atoms with Crippen LogP contribution in [-0.4, -0.2) is 12.6 Å². The van der Waals surface area contributed by atoms with Gasteiger partial charge in [0.1, 0.15) is 6.61 Å². The molecule has 0 N–H and O–H groups in total. The van der Waals surface area contributed by atoms with E-state index in [1.165, 1.54) is 0 Å². The molecule has 0 unspecified atom stereocenters. The van der Waals surface area contributed by atoms with Gasteiger partial charge in [0, 0.05) is 0 Å².